The highest BCUT2D eigenvalue weighted by molar-refractivity contribution is 5.84. The van der Waals surface area contributed by atoms with Crippen LogP contribution in [0, 0.1) is 0 Å². The highest BCUT2D eigenvalue weighted by Crippen LogP contribution is 2.24. The fourth-order valence-electron chi connectivity index (χ4n) is 2.59. The fourth-order valence-corrected chi connectivity index (χ4v) is 2.59. The Morgan fingerprint density at radius 1 is 1.05 bits per heavy atom. The summed E-state index contributed by atoms with van der Waals surface area (Å²) in [6.45, 7) is 0. The van der Waals surface area contributed by atoms with Gasteiger partial charge in [-0.1, -0.05) is 54.6 Å². The third-order valence-electron chi connectivity index (χ3n) is 3.78. The van der Waals surface area contributed by atoms with Crippen molar-refractivity contribution < 1.29 is 9.53 Å². The van der Waals surface area contributed by atoms with Crippen molar-refractivity contribution in [2.75, 3.05) is 7.11 Å². The maximum atomic E-state index is 12.2. The van der Waals surface area contributed by atoms with Gasteiger partial charge in [-0.2, -0.15) is 0 Å². The smallest absolute Gasteiger partial charge is 0.315 e. The van der Waals surface area contributed by atoms with Crippen LogP contribution in [0.2, 0.25) is 0 Å². The molecule has 0 aliphatic heterocycles. The van der Waals surface area contributed by atoms with Crippen LogP contribution in [-0.4, -0.2) is 18.1 Å². The van der Waals surface area contributed by atoms with E-state index in [9.17, 15) is 4.79 Å². The Bertz CT molecular complexity index is 784. The van der Waals surface area contributed by atoms with Crippen molar-refractivity contribution in [1.29, 1.82) is 0 Å². The van der Waals surface area contributed by atoms with Gasteiger partial charge in [0.2, 0.25) is 0 Å². The molecule has 0 fully saturated rings. The summed E-state index contributed by atoms with van der Waals surface area (Å²) < 4.78 is 4.97. The number of rotatable bonds is 4. The van der Waals surface area contributed by atoms with E-state index in [1.54, 1.807) is 0 Å². The first kappa shape index (κ1) is 14.3. The molecule has 3 rings (SSSR count). The lowest BCUT2D eigenvalue weighted by molar-refractivity contribution is -0.142. The van der Waals surface area contributed by atoms with Crippen LogP contribution in [0.5, 0.6) is 0 Å². The van der Waals surface area contributed by atoms with Gasteiger partial charge in [0, 0.05) is 11.6 Å². The van der Waals surface area contributed by atoms with Crippen LogP contribution < -0.4 is 0 Å². The maximum Gasteiger partial charge on any atom is 0.315 e. The van der Waals surface area contributed by atoms with Crippen LogP contribution in [0.1, 0.15) is 17.2 Å². The topological polar surface area (TPSA) is 39.2 Å². The predicted octanol–water partition coefficient (Wildman–Crippen LogP) is 3.73. The third kappa shape index (κ3) is 2.98. The zero-order valence-corrected chi connectivity index (χ0v) is 12.4. The second-order valence-electron chi connectivity index (χ2n) is 5.22. The number of nitrogens with zero attached hydrogens (tertiary/aromatic N) is 1. The molecule has 1 atom stereocenters. The predicted molar refractivity (Wildman–Crippen MR) is 86.6 cm³/mol. The van der Waals surface area contributed by atoms with Crippen molar-refractivity contribution in [3.8, 4) is 0 Å². The molecule has 110 valence electrons. The van der Waals surface area contributed by atoms with E-state index in [1.165, 1.54) is 7.11 Å². The van der Waals surface area contributed by atoms with Gasteiger partial charge >= 0.3 is 5.97 Å². The number of hydrogen-bond acceptors (Lipinski definition) is 3. The minimum Gasteiger partial charge on any atom is -0.468 e. The number of pyridine rings is 1. The standard InChI is InChI=1S/C19H17NO2/c1-22-19(21)17(11-14-7-3-2-4-8-14)18-12-15-9-5-6-10-16(15)13-20-18/h2-10,12-13,17H,11H2,1H3. The van der Waals surface area contributed by atoms with Crippen LogP contribution in [0.3, 0.4) is 0 Å². The molecule has 1 aromatic heterocycles. The van der Waals surface area contributed by atoms with Gasteiger partial charge < -0.3 is 4.74 Å². The number of carbonyl (C=O) groups excluding carboxylic acids is 1. The van der Waals surface area contributed by atoms with Gasteiger partial charge in [0.15, 0.2) is 0 Å². The number of hydrogen-bond donors (Lipinski definition) is 0. The third-order valence-corrected chi connectivity index (χ3v) is 3.78. The van der Waals surface area contributed by atoms with Gasteiger partial charge in [-0.25, -0.2) is 0 Å². The van der Waals surface area contributed by atoms with Gasteiger partial charge in [0.05, 0.1) is 12.8 Å². The van der Waals surface area contributed by atoms with Crippen LogP contribution in [0.15, 0.2) is 66.9 Å². The van der Waals surface area contributed by atoms with E-state index >= 15 is 0 Å². The zero-order chi connectivity index (χ0) is 15.4. The second kappa shape index (κ2) is 6.39. The summed E-state index contributed by atoms with van der Waals surface area (Å²) in [6.07, 6.45) is 2.39. The summed E-state index contributed by atoms with van der Waals surface area (Å²) in [5.41, 5.74) is 1.84. The number of benzene rings is 2. The van der Waals surface area contributed by atoms with E-state index < -0.39 is 5.92 Å². The van der Waals surface area contributed by atoms with Crippen LogP contribution in [0.4, 0.5) is 0 Å². The molecule has 3 nitrogen and oxygen atoms in total. The molecule has 1 unspecified atom stereocenters. The number of carbonyl (C=O) groups is 1. The molecule has 0 radical (unpaired) electrons. The molecule has 0 spiro atoms. The molecule has 0 bridgehead atoms. The molecule has 0 saturated heterocycles. The summed E-state index contributed by atoms with van der Waals surface area (Å²) in [6, 6.07) is 19.9. The number of aromatic nitrogens is 1. The zero-order valence-electron chi connectivity index (χ0n) is 12.4. The number of methoxy groups -OCH3 is 1. The first-order valence-electron chi connectivity index (χ1n) is 7.24. The summed E-state index contributed by atoms with van der Waals surface area (Å²) in [4.78, 5) is 16.7. The number of esters is 1. The Hall–Kier alpha value is -2.68. The number of ether oxygens (including phenoxy) is 1. The van der Waals surface area contributed by atoms with E-state index in [0.29, 0.717) is 6.42 Å². The Morgan fingerprint density at radius 3 is 2.45 bits per heavy atom. The summed E-state index contributed by atoms with van der Waals surface area (Å²) >= 11 is 0. The van der Waals surface area contributed by atoms with E-state index in [0.717, 1.165) is 22.0 Å². The van der Waals surface area contributed by atoms with Crippen LogP contribution in [-0.2, 0) is 16.0 Å². The largest absolute Gasteiger partial charge is 0.468 e. The molecule has 3 aromatic rings. The van der Waals surface area contributed by atoms with Crippen molar-refractivity contribution in [1.82, 2.24) is 4.98 Å². The summed E-state index contributed by atoms with van der Waals surface area (Å²) in [5.74, 6) is -0.649. The van der Waals surface area contributed by atoms with Crippen LogP contribution in [0.25, 0.3) is 10.8 Å². The van der Waals surface area contributed by atoms with E-state index in [1.807, 2.05) is 66.9 Å². The van der Waals surface area contributed by atoms with Gasteiger partial charge in [-0.05, 0) is 23.4 Å². The molecule has 0 N–H and O–H groups in total. The molecular weight excluding hydrogens is 274 g/mol. The highest BCUT2D eigenvalue weighted by Gasteiger charge is 2.23. The first-order chi connectivity index (χ1) is 10.8. The number of fused-ring (bicyclic) bond motifs is 1. The van der Waals surface area contributed by atoms with Crippen LogP contribution >= 0.6 is 0 Å². The van der Waals surface area contributed by atoms with Gasteiger partial charge in [-0.3, -0.25) is 9.78 Å². The van der Waals surface area contributed by atoms with Crippen molar-refractivity contribution >= 4 is 16.7 Å². The molecule has 0 aliphatic carbocycles. The molecule has 1 heterocycles. The molecule has 0 saturated carbocycles. The monoisotopic (exact) mass is 291 g/mol. The molecular formula is C19H17NO2. The van der Waals surface area contributed by atoms with Crippen molar-refractivity contribution in [2.45, 2.75) is 12.3 Å². The Morgan fingerprint density at radius 2 is 1.73 bits per heavy atom. The summed E-state index contributed by atoms with van der Waals surface area (Å²) in [5, 5.41) is 2.14. The maximum absolute atomic E-state index is 12.2. The van der Waals surface area contributed by atoms with Gasteiger partial charge in [-0.15, -0.1) is 0 Å². The molecule has 0 amide bonds. The quantitative estimate of drug-likeness (QED) is 0.687. The molecule has 22 heavy (non-hydrogen) atoms. The Kier molecular flexibility index (Phi) is 4.15. The normalized spacial score (nSPS) is 12.0. The van der Waals surface area contributed by atoms with Gasteiger partial charge in [0.1, 0.15) is 5.92 Å². The Labute approximate surface area is 129 Å². The lowest BCUT2D eigenvalue weighted by atomic mass is 9.94. The molecule has 0 aliphatic rings. The highest BCUT2D eigenvalue weighted by atomic mass is 16.5. The van der Waals surface area contributed by atoms with Crippen molar-refractivity contribution in [3.05, 3.63) is 78.1 Å². The van der Waals surface area contributed by atoms with E-state index in [2.05, 4.69) is 4.98 Å². The van der Waals surface area contributed by atoms with Gasteiger partial charge in [0.25, 0.3) is 0 Å². The second-order valence-corrected chi connectivity index (χ2v) is 5.22. The minimum absolute atomic E-state index is 0.258. The average molecular weight is 291 g/mol. The minimum atomic E-state index is -0.392. The lowest BCUT2D eigenvalue weighted by Gasteiger charge is -2.15. The van der Waals surface area contributed by atoms with E-state index in [-0.39, 0.29) is 5.97 Å². The molecule has 3 heteroatoms. The Balaban J connectivity index is 1.98. The first-order valence-corrected chi connectivity index (χ1v) is 7.24. The van der Waals surface area contributed by atoms with E-state index in [4.69, 9.17) is 4.74 Å². The fraction of sp³-hybridized carbons (Fsp3) is 0.158. The van der Waals surface area contributed by atoms with Crippen molar-refractivity contribution in [2.24, 2.45) is 0 Å². The molecule has 2 aromatic carbocycles. The average Bonchev–Trinajstić information content (AvgIpc) is 2.59. The summed E-state index contributed by atoms with van der Waals surface area (Å²) in [7, 11) is 1.42. The lowest BCUT2D eigenvalue weighted by Crippen LogP contribution is -2.18. The SMILES string of the molecule is COC(=O)C(Cc1ccccc1)c1cc2ccccc2cn1. The van der Waals surface area contributed by atoms with Crippen molar-refractivity contribution in [3.63, 3.8) is 0 Å².